The molecule has 1 aliphatic carbocycles. The second kappa shape index (κ2) is 4.14. The van der Waals surface area contributed by atoms with Crippen molar-refractivity contribution >= 4 is 0 Å². The van der Waals surface area contributed by atoms with E-state index in [9.17, 15) is 8.78 Å². The standard InChI is InChI=1S/C12H15F2NO2/c1-16-8-6-7(13)10(14)9(11(8)17-2)12(15)4-3-5-12/h6H,3-5,15H2,1-2H3. The average molecular weight is 243 g/mol. The Morgan fingerprint density at radius 2 is 1.88 bits per heavy atom. The van der Waals surface area contributed by atoms with E-state index in [0.717, 1.165) is 12.5 Å². The van der Waals surface area contributed by atoms with Crippen LogP contribution in [-0.2, 0) is 5.54 Å². The van der Waals surface area contributed by atoms with Crippen LogP contribution in [0.1, 0.15) is 24.8 Å². The van der Waals surface area contributed by atoms with E-state index in [1.54, 1.807) is 0 Å². The number of halogens is 2. The highest BCUT2D eigenvalue weighted by atomic mass is 19.2. The van der Waals surface area contributed by atoms with Gasteiger partial charge in [-0.3, -0.25) is 0 Å². The molecule has 3 nitrogen and oxygen atoms in total. The smallest absolute Gasteiger partial charge is 0.168 e. The minimum absolute atomic E-state index is 0.0862. The topological polar surface area (TPSA) is 44.5 Å². The molecule has 1 aliphatic rings. The Bertz CT molecular complexity index is 445. The average Bonchev–Trinajstić information content (AvgIpc) is 2.28. The maximum atomic E-state index is 13.9. The Balaban J connectivity index is 2.65. The first-order valence-electron chi connectivity index (χ1n) is 5.43. The van der Waals surface area contributed by atoms with Crippen LogP contribution in [-0.4, -0.2) is 14.2 Å². The molecule has 1 aromatic carbocycles. The third kappa shape index (κ3) is 1.74. The first kappa shape index (κ1) is 12.1. The van der Waals surface area contributed by atoms with Gasteiger partial charge in [0.2, 0.25) is 0 Å². The Morgan fingerprint density at radius 1 is 1.24 bits per heavy atom. The van der Waals surface area contributed by atoms with E-state index >= 15 is 0 Å². The number of hydrogen-bond donors (Lipinski definition) is 1. The predicted octanol–water partition coefficient (Wildman–Crippen LogP) is 2.32. The second-order valence-electron chi connectivity index (χ2n) is 4.29. The quantitative estimate of drug-likeness (QED) is 0.886. The molecule has 0 spiro atoms. The number of benzene rings is 1. The number of hydrogen-bond acceptors (Lipinski definition) is 3. The monoisotopic (exact) mass is 243 g/mol. The van der Waals surface area contributed by atoms with Gasteiger partial charge in [0.05, 0.1) is 19.8 Å². The predicted molar refractivity (Wildman–Crippen MR) is 59.2 cm³/mol. The van der Waals surface area contributed by atoms with Crippen molar-refractivity contribution in [1.29, 1.82) is 0 Å². The third-order valence-electron chi connectivity index (χ3n) is 3.31. The molecule has 94 valence electrons. The van der Waals surface area contributed by atoms with Crippen molar-refractivity contribution in [3.05, 3.63) is 23.3 Å². The molecule has 0 radical (unpaired) electrons. The molecule has 0 unspecified atom stereocenters. The van der Waals surface area contributed by atoms with Gasteiger partial charge in [0.1, 0.15) is 0 Å². The SMILES string of the molecule is COc1cc(F)c(F)c(C2(N)CCC2)c1OC. The second-order valence-corrected chi connectivity index (χ2v) is 4.29. The van der Waals surface area contributed by atoms with Gasteiger partial charge in [-0.05, 0) is 19.3 Å². The first-order chi connectivity index (χ1) is 8.03. The molecule has 2 N–H and O–H groups in total. The summed E-state index contributed by atoms with van der Waals surface area (Å²) in [6.45, 7) is 0. The van der Waals surface area contributed by atoms with Crippen LogP contribution >= 0.6 is 0 Å². The molecular weight excluding hydrogens is 228 g/mol. The number of ether oxygens (including phenoxy) is 2. The van der Waals surface area contributed by atoms with E-state index in [2.05, 4.69) is 0 Å². The van der Waals surface area contributed by atoms with Gasteiger partial charge in [0, 0.05) is 11.6 Å². The fourth-order valence-corrected chi connectivity index (χ4v) is 2.19. The van der Waals surface area contributed by atoms with E-state index in [-0.39, 0.29) is 17.1 Å². The summed E-state index contributed by atoms with van der Waals surface area (Å²) < 4.78 is 37.5. The van der Waals surface area contributed by atoms with Crippen LogP contribution in [0, 0.1) is 11.6 Å². The van der Waals surface area contributed by atoms with Crippen molar-refractivity contribution in [1.82, 2.24) is 0 Å². The summed E-state index contributed by atoms with van der Waals surface area (Å²) in [5, 5.41) is 0. The number of nitrogens with two attached hydrogens (primary N) is 1. The van der Waals surface area contributed by atoms with E-state index in [1.807, 2.05) is 0 Å². The normalized spacial score (nSPS) is 17.5. The van der Waals surface area contributed by atoms with Crippen LogP contribution in [0.25, 0.3) is 0 Å². The molecule has 0 aromatic heterocycles. The van der Waals surface area contributed by atoms with Crippen LogP contribution in [0.2, 0.25) is 0 Å². The van der Waals surface area contributed by atoms with Crippen molar-refractivity contribution < 1.29 is 18.3 Å². The molecule has 5 heteroatoms. The molecule has 2 rings (SSSR count). The zero-order valence-electron chi connectivity index (χ0n) is 9.85. The molecular formula is C12H15F2NO2. The van der Waals surface area contributed by atoms with Gasteiger partial charge in [-0.25, -0.2) is 8.78 Å². The van der Waals surface area contributed by atoms with E-state index < -0.39 is 17.2 Å². The molecule has 0 amide bonds. The fraction of sp³-hybridized carbons (Fsp3) is 0.500. The van der Waals surface area contributed by atoms with Crippen molar-refractivity contribution in [2.24, 2.45) is 5.73 Å². The molecule has 0 saturated heterocycles. The number of methoxy groups -OCH3 is 2. The maximum Gasteiger partial charge on any atom is 0.168 e. The highest BCUT2D eigenvalue weighted by molar-refractivity contribution is 5.51. The van der Waals surface area contributed by atoms with Crippen molar-refractivity contribution in [2.75, 3.05) is 14.2 Å². The maximum absolute atomic E-state index is 13.9. The molecule has 0 bridgehead atoms. The van der Waals surface area contributed by atoms with Gasteiger partial charge >= 0.3 is 0 Å². The van der Waals surface area contributed by atoms with Crippen LogP contribution in [0.3, 0.4) is 0 Å². The first-order valence-corrected chi connectivity index (χ1v) is 5.43. The minimum atomic E-state index is -0.964. The van der Waals surface area contributed by atoms with Crippen molar-refractivity contribution in [2.45, 2.75) is 24.8 Å². The van der Waals surface area contributed by atoms with Gasteiger partial charge in [-0.2, -0.15) is 0 Å². The Labute approximate surface area is 98.5 Å². The lowest BCUT2D eigenvalue weighted by molar-refractivity contribution is 0.228. The van der Waals surface area contributed by atoms with Crippen LogP contribution in [0.4, 0.5) is 8.78 Å². The summed E-state index contributed by atoms with van der Waals surface area (Å²) >= 11 is 0. The highest BCUT2D eigenvalue weighted by Gasteiger charge is 2.41. The molecule has 1 fully saturated rings. The third-order valence-corrected chi connectivity index (χ3v) is 3.31. The van der Waals surface area contributed by atoms with Gasteiger partial charge < -0.3 is 15.2 Å². The molecule has 17 heavy (non-hydrogen) atoms. The van der Waals surface area contributed by atoms with E-state index in [1.165, 1.54) is 14.2 Å². The van der Waals surface area contributed by atoms with Gasteiger partial charge in [0.15, 0.2) is 23.1 Å². The molecule has 1 aromatic rings. The summed E-state index contributed by atoms with van der Waals surface area (Å²) in [4.78, 5) is 0. The molecule has 0 atom stereocenters. The van der Waals surface area contributed by atoms with Crippen molar-refractivity contribution in [3.63, 3.8) is 0 Å². The van der Waals surface area contributed by atoms with Gasteiger partial charge in [0.25, 0.3) is 0 Å². The summed E-state index contributed by atoms with van der Waals surface area (Å²) in [7, 11) is 2.77. The minimum Gasteiger partial charge on any atom is -0.493 e. The zero-order valence-corrected chi connectivity index (χ0v) is 9.85. The summed E-state index contributed by atoms with van der Waals surface area (Å²) in [5.41, 5.74) is 5.30. The molecule has 0 heterocycles. The highest BCUT2D eigenvalue weighted by Crippen LogP contribution is 2.47. The fourth-order valence-electron chi connectivity index (χ4n) is 2.19. The Morgan fingerprint density at radius 3 is 2.29 bits per heavy atom. The summed E-state index contributed by atoms with van der Waals surface area (Å²) in [6, 6.07) is 0.972. The van der Waals surface area contributed by atoms with E-state index in [0.29, 0.717) is 12.8 Å². The Kier molecular flexibility index (Phi) is 2.95. The molecule has 0 aliphatic heterocycles. The van der Waals surface area contributed by atoms with Crippen LogP contribution in [0.5, 0.6) is 11.5 Å². The van der Waals surface area contributed by atoms with Crippen LogP contribution < -0.4 is 15.2 Å². The summed E-state index contributed by atoms with van der Waals surface area (Å²) in [6.07, 6.45) is 2.14. The number of rotatable bonds is 3. The lowest BCUT2D eigenvalue weighted by Crippen LogP contribution is -2.44. The van der Waals surface area contributed by atoms with Crippen molar-refractivity contribution in [3.8, 4) is 11.5 Å². The lowest BCUT2D eigenvalue weighted by atomic mass is 9.72. The molecule has 1 saturated carbocycles. The zero-order chi connectivity index (χ0) is 12.6. The largest absolute Gasteiger partial charge is 0.493 e. The van der Waals surface area contributed by atoms with Gasteiger partial charge in [-0.1, -0.05) is 0 Å². The van der Waals surface area contributed by atoms with Crippen LogP contribution in [0.15, 0.2) is 6.07 Å². The Hall–Kier alpha value is -1.36. The lowest BCUT2D eigenvalue weighted by Gasteiger charge is -2.39. The van der Waals surface area contributed by atoms with E-state index in [4.69, 9.17) is 15.2 Å². The van der Waals surface area contributed by atoms with Gasteiger partial charge in [-0.15, -0.1) is 0 Å². The summed E-state index contributed by atoms with van der Waals surface area (Å²) in [5.74, 6) is -1.55.